The van der Waals surface area contributed by atoms with Gasteiger partial charge in [-0.1, -0.05) is 61.0 Å². The lowest BCUT2D eigenvalue weighted by Gasteiger charge is -2.24. The molecule has 0 amide bonds. The van der Waals surface area contributed by atoms with Gasteiger partial charge in [-0.2, -0.15) is 0 Å². The molecule has 0 saturated carbocycles. The molecular weight excluding hydrogens is 256 g/mol. The lowest BCUT2D eigenvalue weighted by Crippen LogP contribution is -2.32. The zero-order valence-electron chi connectivity index (χ0n) is 13.0. The van der Waals surface area contributed by atoms with Gasteiger partial charge in [0.25, 0.3) is 0 Å². The largest absolute Gasteiger partial charge is 0.309 e. The number of nitrogens with one attached hydrogen (secondary N) is 1. The fraction of sp³-hybridized carbons (Fsp3) is 0.368. The van der Waals surface area contributed by atoms with Crippen molar-refractivity contribution in [3.63, 3.8) is 0 Å². The molecule has 3 rings (SSSR count). The molecule has 21 heavy (non-hydrogen) atoms. The quantitative estimate of drug-likeness (QED) is 0.899. The SMILES string of the molecule is CCNC(CN1Cc2ccccc2C1)c1ccc(C)cc1. The van der Waals surface area contributed by atoms with Gasteiger partial charge < -0.3 is 5.32 Å². The van der Waals surface area contributed by atoms with Crippen molar-refractivity contribution in [1.82, 2.24) is 10.2 Å². The average molecular weight is 280 g/mol. The minimum atomic E-state index is 0.407. The summed E-state index contributed by atoms with van der Waals surface area (Å²) in [6, 6.07) is 18.1. The molecule has 0 aliphatic carbocycles. The lowest BCUT2D eigenvalue weighted by atomic mass is 10.0. The number of likely N-dealkylation sites (N-methyl/N-ethyl adjacent to an activating group) is 1. The van der Waals surface area contributed by atoms with E-state index in [1.165, 1.54) is 22.3 Å². The lowest BCUT2D eigenvalue weighted by molar-refractivity contribution is 0.250. The van der Waals surface area contributed by atoms with Crippen LogP contribution in [0.25, 0.3) is 0 Å². The molecule has 2 aromatic carbocycles. The summed E-state index contributed by atoms with van der Waals surface area (Å²) in [7, 11) is 0. The van der Waals surface area contributed by atoms with Crippen molar-refractivity contribution in [3.05, 3.63) is 70.8 Å². The van der Waals surface area contributed by atoms with Gasteiger partial charge >= 0.3 is 0 Å². The molecule has 110 valence electrons. The highest BCUT2D eigenvalue weighted by Crippen LogP contribution is 2.25. The fourth-order valence-electron chi connectivity index (χ4n) is 3.12. The van der Waals surface area contributed by atoms with Crippen molar-refractivity contribution < 1.29 is 0 Å². The molecule has 1 heterocycles. The zero-order chi connectivity index (χ0) is 14.7. The maximum atomic E-state index is 3.63. The summed E-state index contributed by atoms with van der Waals surface area (Å²) >= 11 is 0. The number of rotatable bonds is 5. The molecule has 1 aliphatic rings. The van der Waals surface area contributed by atoms with Gasteiger partial charge in [0.2, 0.25) is 0 Å². The van der Waals surface area contributed by atoms with Crippen LogP contribution < -0.4 is 5.32 Å². The summed E-state index contributed by atoms with van der Waals surface area (Å²) < 4.78 is 0. The van der Waals surface area contributed by atoms with Crippen LogP contribution >= 0.6 is 0 Å². The molecule has 2 aromatic rings. The summed E-state index contributed by atoms with van der Waals surface area (Å²) in [5.41, 5.74) is 5.68. The molecule has 0 saturated heterocycles. The van der Waals surface area contributed by atoms with Gasteiger partial charge in [0.05, 0.1) is 0 Å². The van der Waals surface area contributed by atoms with Gasteiger partial charge in [-0.25, -0.2) is 0 Å². The number of fused-ring (bicyclic) bond motifs is 1. The molecule has 0 bridgehead atoms. The summed E-state index contributed by atoms with van der Waals surface area (Å²) in [6.45, 7) is 8.53. The van der Waals surface area contributed by atoms with Crippen LogP contribution in [0.5, 0.6) is 0 Å². The molecule has 0 radical (unpaired) electrons. The second-order valence-electron chi connectivity index (χ2n) is 5.96. The van der Waals surface area contributed by atoms with E-state index in [1.807, 2.05) is 0 Å². The van der Waals surface area contributed by atoms with Crippen LogP contribution in [0.3, 0.4) is 0 Å². The van der Waals surface area contributed by atoms with E-state index in [9.17, 15) is 0 Å². The molecule has 0 aromatic heterocycles. The number of benzene rings is 2. The highest BCUT2D eigenvalue weighted by molar-refractivity contribution is 5.31. The van der Waals surface area contributed by atoms with Crippen molar-refractivity contribution in [3.8, 4) is 0 Å². The molecule has 2 heteroatoms. The Morgan fingerprint density at radius 3 is 2.19 bits per heavy atom. The minimum absolute atomic E-state index is 0.407. The summed E-state index contributed by atoms with van der Waals surface area (Å²) in [4.78, 5) is 2.54. The van der Waals surface area contributed by atoms with Crippen LogP contribution in [0.1, 0.15) is 35.2 Å². The topological polar surface area (TPSA) is 15.3 Å². The number of nitrogens with zero attached hydrogens (tertiary/aromatic N) is 1. The van der Waals surface area contributed by atoms with Gasteiger partial charge in [-0.15, -0.1) is 0 Å². The minimum Gasteiger partial charge on any atom is -0.309 e. The summed E-state index contributed by atoms with van der Waals surface area (Å²) in [5, 5.41) is 3.63. The Morgan fingerprint density at radius 1 is 1.00 bits per heavy atom. The van der Waals surface area contributed by atoms with Crippen molar-refractivity contribution in [2.75, 3.05) is 13.1 Å². The third-order valence-electron chi connectivity index (χ3n) is 4.28. The molecule has 0 spiro atoms. The maximum Gasteiger partial charge on any atom is 0.0449 e. The predicted molar refractivity (Wildman–Crippen MR) is 88.2 cm³/mol. The Bertz CT molecular complexity index is 564. The van der Waals surface area contributed by atoms with Crippen LogP contribution in [0, 0.1) is 6.92 Å². The Labute approximate surface area is 127 Å². The van der Waals surface area contributed by atoms with Crippen molar-refractivity contribution >= 4 is 0 Å². The van der Waals surface area contributed by atoms with Crippen molar-refractivity contribution in [2.24, 2.45) is 0 Å². The number of hydrogen-bond acceptors (Lipinski definition) is 2. The van der Waals surface area contributed by atoms with Crippen LogP contribution in [0.4, 0.5) is 0 Å². The Balaban J connectivity index is 1.70. The van der Waals surface area contributed by atoms with Gasteiger partial charge in [-0.3, -0.25) is 4.90 Å². The molecule has 1 unspecified atom stereocenters. The molecule has 1 N–H and O–H groups in total. The number of aryl methyl sites for hydroxylation is 1. The van der Waals surface area contributed by atoms with E-state index < -0.39 is 0 Å². The third-order valence-corrected chi connectivity index (χ3v) is 4.28. The first-order valence-corrected chi connectivity index (χ1v) is 7.85. The monoisotopic (exact) mass is 280 g/mol. The van der Waals surface area contributed by atoms with E-state index in [4.69, 9.17) is 0 Å². The van der Waals surface area contributed by atoms with E-state index in [1.54, 1.807) is 0 Å². The Hall–Kier alpha value is -1.64. The maximum absolute atomic E-state index is 3.63. The van der Waals surface area contributed by atoms with Gasteiger partial charge in [0, 0.05) is 25.7 Å². The highest BCUT2D eigenvalue weighted by atomic mass is 15.2. The normalized spacial score (nSPS) is 15.9. The molecule has 1 atom stereocenters. The van der Waals surface area contributed by atoms with E-state index in [0.717, 1.165) is 26.2 Å². The van der Waals surface area contributed by atoms with Crippen LogP contribution in [0.2, 0.25) is 0 Å². The van der Waals surface area contributed by atoms with Crippen LogP contribution in [-0.2, 0) is 13.1 Å². The predicted octanol–water partition coefficient (Wildman–Crippen LogP) is 3.66. The first-order valence-electron chi connectivity index (χ1n) is 7.85. The second kappa shape index (κ2) is 6.42. The molecular formula is C19H24N2. The third kappa shape index (κ3) is 3.34. The Kier molecular flexibility index (Phi) is 4.37. The zero-order valence-corrected chi connectivity index (χ0v) is 13.0. The first kappa shape index (κ1) is 14.3. The number of hydrogen-bond donors (Lipinski definition) is 1. The summed E-state index contributed by atoms with van der Waals surface area (Å²) in [5.74, 6) is 0. The fourth-order valence-corrected chi connectivity index (χ4v) is 3.12. The standard InChI is InChI=1S/C19H24N2/c1-3-20-19(16-10-8-15(2)9-11-16)14-21-12-17-6-4-5-7-18(17)13-21/h4-11,19-20H,3,12-14H2,1-2H3. The van der Waals surface area contributed by atoms with Crippen LogP contribution in [-0.4, -0.2) is 18.0 Å². The average Bonchev–Trinajstić information content (AvgIpc) is 2.90. The molecule has 2 nitrogen and oxygen atoms in total. The van der Waals surface area contributed by atoms with E-state index in [-0.39, 0.29) is 0 Å². The van der Waals surface area contributed by atoms with E-state index in [2.05, 4.69) is 72.6 Å². The van der Waals surface area contributed by atoms with Crippen molar-refractivity contribution in [1.29, 1.82) is 0 Å². The van der Waals surface area contributed by atoms with Crippen LogP contribution in [0.15, 0.2) is 48.5 Å². The Morgan fingerprint density at radius 2 is 1.62 bits per heavy atom. The molecule has 1 aliphatic heterocycles. The first-order chi connectivity index (χ1) is 10.3. The van der Waals surface area contributed by atoms with Gasteiger partial charge in [0.1, 0.15) is 0 Å². The summed E-state index contributed by atoms with van der Waals surface area (Å²) in [6.07, 6.45) is 0. The van der Waals surface area contributed by atoms with E-state index in [0.29, 0.717) is 6.04 Å². The van der Waals surface area contributed by atoms with E-state index >= 15 is 0 Å². The van der Waals surface area contributed by atoms with Gasteiger partial charge in [0.15, 0.2) is 0 Å². The van der Waals surface area contributed by atoms with Crippen molar-refractivity contribution in [2.45, 2.75) is 33.0 Å². The van der Waals surface area contributed by atoms with Gasteiger partial charge in [-0.05, 0) is 30.2 Å². The second-order valence-corrected chi connectivity index (χ2v) is 5.96. The smallest absolute Gasteiger partial charge is 0.0449 e. The highest BCUT2D eigenvalue weighted by Gasteiger charge is 2.21. The molecule has 0 fully saturated rings.